The van der Waals surface area contributed by atoms with Crippen LogP contribution in [0.15, 0.2) is 41.3 Å². The lowest BCUT2D eigenvalue weighted by molar-refractivity contribution is 0.0393. The monoisotopic (exact) mass is 455 g/mol. The van der Waals surface area contributed by atoms with Gasteiger partial charge in [0, 0.05) is 18.7 Å². The van der Waals surface area contributed by atoms with Crippen molar-refractivity contribution in [2.24, 2.45) is 0 Å². The van der Waals surface area contributed by atoms with Gasteiger partial charge in [-0.25, -0.2) is 9.78 Å². The van der Waals surface area contributed by atoms with Crippen LogP contribution in [0.3, 0.4) is 0 Å². The first-order valence-corrected chi connectivity index (χ1v) is 10.6. The first-order chi connectivity index (χ1) is 15.0. The van der Waals surface area contributed by atoms with Gasteiger partial charge in [-0.15, -0.1) is 11.3 Å². The van der Waals surface area contributed by atoms with Crippen molar-refractivity contribution in [3.63, 3.8) is 0 Å². The molecule has 0 aliphatic rings. The minimum Gasteiger partial charge on any atom is -0.459 e. The summed E-state index contributed by atoms with van der Waals surface area (Å²) in [6.45, 7) is 2.13. The molecule has 3 aromatic heterocycles. The highest BCUT2D eigenvalue weighted by molar-refractivity contribution is 7.20. The molecule has 0 aliphatic carbocycles. The minimum absolute atomic E-state index is 0.133. The maximum atomic E-state index is 12.7. The van der Waals surface area contributed by atoms with Crippen LogP contribution < -0.4 is 5.56 Å². The molecule has 0 saturated heterocycles. The lowest BCUT2D eigenvalue weighted by Crippen LogP contribution is -2.11. The Kier molecular flexibility index (Phi) is 6.13. The van der Waals surface area contributed by atoms with Gasteiger partial charge in [-0.05, 0) is 42.3 Å². The molecule has 0 spiro atoms. The lowest BCUT2D eigenvalue weighted by atomic mass is 10.1. The number of benzene rings is 1. The SMILES string of the molecule is COCCOC(=O)c1sc2nc(/C(Cl)=C/c3ccc4ncccc4c3)[nH]c(=O)c2c1C. The summed E-state index contributed by atoms with van der Waals surface area (Å²) in [5.74, 6) is -0.282. The van der Waals surface area contributed by atoms with Crippen molar-refractivity contribution in [1.82, 2.24) is 15.0 Å². The number of ether oxygens (including phenoxy) is 2. The van der Waals surface area contributed by atoms with Gasteiger partial charge in [-0.2, -0.15) is 0 Å². The van der Waals surface area contributed by atoms with Gasteiger partial charge in [-0.1, -0.05) is 23.7 Å². The number of rotatable bonds is 6. The number of carbonyl (C=O) groups excluding carboxylic acids is 1. The molecule has 4 aromatic rings. The summed E-state index contributed by atoms with van der Waals surface area (Å²) in [6, 6.07) is 9.56. The summed E-state index contributed by atoms with van der Waals surface area (Å²) in [5.41, 5.74) is 1.89. The Morgan fingerprint density at radius 1 is 1.29 bits per heavy atom. The molecule has 0 atom stereocenters. The molecule has 1 N–H and O–H groups in total. The molecule has 0 saturated carbocycles. The fourth-order valence-corrected chi connectivity index (χ4v) is 4.42. The molecule has 3 heterocycles. The van der Waals surface area contributed by atoms with Crippen molar-refractivity contribution in [3.8, 4) is 0 Å². The molecule has 158 valence electrons. The predicted octanol–water partition coefficient (Wildman–Crippen LogP) is 4.38. The number of pyridine rings is 1. The second-order valence-electron chi connectivity index (χ2n) is 6.73. The number of nitrogens with zero attached hydrogens (tertiary/aromatic N) is 2. The highest BCUT2D eigenvalue weighted by atomic mass is 35.5. The fourth-order valence-electron chi connectivity index (χ4n) is 3.13. The third-order valence-electron chi connectivity index (χ3n) is 4.65. The fraction of sp³-hybridized carbons (Fsp3) is 0.182. The van der Waals surface area contributed by atoms with Crippen LogP contribution in [0.1, 0.15) is 26.6 Å². The van der Waals surface area contributed by atoms with E-state index in [9.17, 15) is 9.59 Å². The Bertz CT molecular complexity index is 1380. The predicted molar refractivity (Wildman–Crippen MR) is 123 cm³/mol. The number of methoxy groups -OCH3 is 1. The highest BCUT2D eigenvalue weighted by Gasteiger charge is 2.21. The number of halogens is 1. The van der Waals surface area contributed by atoms with Gasteiger partial charge >= 0.3 is 5.97 Å². The quantitative estimate of drug-likeness (QED) is 0.342. The number of H-pyrrole nitrogens is 1. The number of nitrogens with one attached hydrogen (secondary N) is 1. The number of hydrogen-bond donors (Lipinski definition) is 1. The van der Waals surface area contributed by atoms with Crippen LogP contribution in [-0.2, 0) is 9.47 Å². The summed E-state index contributed by atoms with van der Waals surface area (Å²) in [7, 11) is 1.52. The molecule has 0 radical (unpaired) electrons. The Labute approximate surface area is 186 Å². The van der Waals surface area contributed by atoms with Gasteiger partial charge in [0.25, 0.3) is 5.56 Å². The molecule has 4 rings (SSSR count). The lowest BCUT2D eigenvalue weighted by Gasteiger charge is -2.02. The molecule has 1 aromatic carbocycles. The van der Waals surface area contributed by atoms with E-state index in [0.717, 1.165) is 27.8 Å². The summed E-state index contributed by atoms with van der Waals surface area (Å²) < 4.78 is 10.1. The van der Waals surface area contributed by atoms with Crippen molar-refractivity contribution in [2.45, 2.75) is 6.92 Å². The van der Waals surface area contributed by atoms with Crippen molar-refractivity contribution >= 4 is 61.1 Å². The maximum Gasteiger partial charge on any atom is 0.348 e. The summed E-state index contributed by atoms with van der Waals surface area (Å²) in [6.07, 6.45) is 3.46. The molecule has 9 heteroatoms. The number of thiophene rings is 1. The van der Waals surface area contributed by atoms with Crippen molar-refractivity contribution in [1.29, 1.82) is 0 Å². The highest BCUT2D eigenvalue weighted by Crippen LogP contribution is 2.29. The summed E-state index contributed by atoms with van der Waals surface area (Å²) >= 11 is 7.57. The first kappa shape index (κ1) is 21.2. The van der Waals surface area contributed by atoms with Crippen molar-refractivity contribution < 1.29 is 14.3 Å². The van der Waals surface area contributed by atoms with Crippen molar-refractivity contribution in [3.05, 3.63) is 68.7 Å². The number of esters is 1. The van der Waals surface area contributed by atoms with Crippen LogP contribution >= 0.6 is 22.9 Å². The maximum absolute atomic E-state index is 12.7. The topological polar surface area (TPSA) is 94.2 Å². The minimum atomic E-state index is -0.509. The normalized spacial score (nSPS) is 11.9. The van der Waals surface area contributed by atoms with Crippen LogP contribution in [0.2, 0.25) is 0 Å². The molecule has 31 heavy (non-hydrogen) atoms. The van der Waals surface area contributed by atoms with E-state index in [2.05, 4.69) is 15.0 Å². The van der Waals surface area contributed by atoms with Gasteiger partial charge < -0.3 is 14.5 Å². The van der Waals surface area contributed by atoms with E-state index < -0.39 is 5.97 Å². The third-order valence-corrected chi connectivity index (χ3v) is 6.11. The first-order valence-electron chi connectivity index (χ1n) is 9.39. The Hall–Kier alpha value is -3.07. The largest absolute Gasteiger partial charge is 0.459 e. The molecular weight excluding hydrogens is 438 g/mol. The smallest absolute Gasteiger partial charge is 0.348 e. The second kappa shape index (κ2) is 8.97. The number of aromatic amines is 1. The van der Waals surface area contributed by atoms with Crippen LogP contribution in [-0.4, -0.2) is 41.2 Å². The van der Waals surface area contributed by atoms with Gasteiger partial charge in [0.1, 0.15) is 16.3 Å². The number of hydrogen-bond acceptors (Lipinski definition) is 7. The van der Waals surface area contributed by atoms with Gasteiger partial charge in [-0.3, -0.25) is 9.78 Å². The van der Waals surface area contributed by atoms with E-state index in [-0.39, 0.29) is 23.0 Å². The average Bonchev–Trinajstić information content (AvgIpc) is 3.10. The van der Waals surface area contributed by atoms with E-state index in [1.807, 2.05) is 30.3 Å². The van der Waals surface area contributed by atoms with E-state index in [1.165, 1.54) is 7.11 Å². The zero-order valence-corrected chi connectivity index (χ0v) is 18.3. The van der Waals surface area contributed by atoms with Gasteiger partial charge in [0.05, 0.1) is 22.5 Å². The number of aromatic nitrogens is 3. The van der Waals surface area contributed by atoms with Crippen LogP contribution in [0.25, 0.3) is 32.2 Å². The summed E-state index contributed by atoms with van der Waals surface area (Å²) in [4.78, 5) is 37.3. The van der Waals surface area contributed by atoms with Gasteiger partial charge in [0.15, 0.2) is 5.82 Å². The number of fused-ring (bicyclic) bond motifs is 2. The summed E-state index contributed by atoms with van der Waals surface area (Å²) in [5, 5.41) is 1.61. The standard InChI is InChI=1S/C22H18ClN3O4S/c1-12-17-20(27)25-19(26-21(17)31-18(12)22(28)30-9-8-29-2)15(23)11-13-5-6-16-14(10-13)4-3-7-24-16/h3-7,10-11H,8-9H2,1-2H3,(H,25,26,27)/b15-11-. The zero-order chi connectivity index (χ0) is 22.0. The molecule has 0 bridgehead atoms. The molecule has 0 fully saturated rings. The third kappa shape index (κ3) is 4.36. The van der Waals surface area contributed by atoms with E-state index in [0.29, 0.717) is 27.3 Å². The van der Waals surface area contributed by atoms with E-state index in [4.69, 9.17) is 21.1 Å². The van der Waals surface area contributed by atoms with Crippen LogP contribution in [0, 0.1) is 6.92 Å². The van der Waals surface area contributed by atoms with Crippen LogP contribution in [0.4, 0.5) is 0 Å². The molecule has 0 amide bonds. The van der Waals surface area contributed by atoms with E-state index in [1.54, 1.807) is 19.2 Å². The second-order valence-corrected chi connectivity index (χ2v) is 8.13. The molecule has 7 nitrogen and oxygen atoms in total. The van der Waals surface area contributed by atoms with Crippen molar-refractivity contribution in [2.75, 3.05) is 20.3 Å². The Morgan fingerprint density at radius 2 is 2.13 bits per heavy atom. The molecular formula is C22H18ClN3O4S. The Balaban J connectivity index is 1.69. The molecule has 0 aliphatic heterocycles. The number of carbonyl (C=O) groups is 1. The zero-order valence-electron chi connectivity index (χ0n) is 16.8. The number of aryl methyl sites for hydroxylation is 1. The Morgan fingerprint density at radius 3 is 2.94 bits per heavy atom. The molecule has 0 unspecified atom stereocenters. The van der Waals surface area contributed by atoms with Gasteiger partial charge in [0.2, 0.25) is 0 Å². The van der Waals surface area contributed by atoms with Crippen LogP contribution in [0.5, 0.6) is 0 Å². The average molecular weight is 456 g/mol. The van der Waals surface area contributed by atoms with E-state index >= 15 is 0 Å².